The fourth-order valence-electron chi connectivity index (χ4n) is 1.82. The van der Waals surface area contributed by atoms with Gasteiger partial charge in [-0.2, -0.15) is 0 Å². The predicted molar refractivity (Wildman–Crippen MR) is 83.6 cm³/mol. The number of rotatable bonds is 3. The molecule has 3 N–H and O–H groups in total. The number of hydrogen-bond acceptors (Lipinski definition) is 3. The number of para-hydroxylation sites is 1. The Balaban J connectivity index is 2.32. The summed E-state index contributed by atoms with van der Waals surface area (Å²) in [5.74, 6) is -0.632. The fourth-order valence-corrected chi connectivity index (χ4v) is 2.03. The number of hydrogen-bond donors (Lipinski definition) is 2. The number of nitrogens with one attached hydrogen (secondary N) is 1. The van der Waals surface area contributed by atoms with Crippen molar-refractivity contribution in [1.82, 2.24) is 4.90 Å². The minimum absolute atomic E-state index is 0.151. The Morgan fingerprint density at radius 3 is 2.57 bits per heavy atom. The zero-order valence-electron chi connectivity index (χ0n) is 11.7. The number of nitrogen functional groups attached to an aromatic ring is 1. The van der Waals surface area contributed by atoms with E-state index < -0.39 is 5.82 Å². The maximum Gasteiger partial charge on any atom is 0.253 e. The number of carbonyl (C=O) groups is 1. The first-order chi connectivity index (χ1) is 9.90. The maximum absolute atomic E-state index is 13.7. The zero-order valence-corrected chi connectivity index (χ0v) is 12.4. The van der Waals surface area contributed by atoms with Crippen LogP contribution in [0.5, 0.6) is 0 Å². The van der Waals surface area contributed by atoms with Gasteiger partial charge in [0.2, 0.25) is 0 Å². The van der Waals surface area contributed by atoms with Crippen LogP contribution in [0, 0.1) is 5.82 Å². The fraction of sp³-hybridized carbons (Fsp3) is 0.133. The molecule has 0 aliphatic rings. The highest BCUT2D eigenvalue weighted by Gasteiger charge is 2.12. The van der Waals surface area contributed by atoms with Crippen molar-refractivity contribution in [1.29, 1.82) is 0 Å². The summed E-state index contributed by atoms with van der Waals surface area (Å²) in [6.07, 6.45) is 0. The van der Waals surface area contributed by atoms with Crippen molar-refractivity contribution in [3.63, 3.8) is 0 Å². The smallest absolute Gasteiger partial charge is 0.253 e. The molecule has 0 unspecified atom stereocenters. The highest BCUT2D eigenvalue weighted by atomic mass is 35.5. The third-order valence-electron chi connectivity index (χ3n) is 2.93. The number of halogens is 2. The van der Waals surface area contributed by atoms with Crippen LogP contribution in [-0.2, 0) is 0 Å². The van der Waals surface area contributed by atoms with Crippen molar-refractivity contribution in [2.24, 2.45) is 0 Å². The van der Waals surface area contributed by atoms with E-state index in [2.05, 4.69) is 5.32 Å². The molecule has 1 amide bonds. The van der Waals surface area contributed by atoms with E-state index in [1.165, 1.54) is 17.0 Å². The Bertz CT molecular complexity index is 668. The van der Waals surface area contributed by atoms with Crippen LogP contribution in [0.3, 0.4) is 0 Å². The van der Waals surface area contributed by atoms with E-state index in [1.807, 2.05) is 0 Å². The van der Waals surface area contributed by atoms with Gasteiger partial charge in [0.15, 0.2) is 0 Å². The molecule has 0 fully saturated rings. The van der Waals surface area contributed by atoms with Gasteiger partial charge in [-0.1, -0.05) is 17.7 Å². The summed E-state index contributed by atoms with van der Waals surface area (Å²) < 4.78 is 13.7. The van der Waals surface area contributed by atoms with Gasteiger partial charge in [-0.15, -0.1) is 0 Å². The number of amides is 1. The van der Waals surface area contributed by atoms with E-state index in [-0.39, 0.29) is 16.6 Å². The van der Waals surface area contributed by atoms with Crippen molar-refractivity contribution in [2.45, 2.75) is 0 Å². The van der Waals surface area contributed by atoms with Gasteiger partial charge in [0.05, 0.1) is 22.1 Å². The number of nitrogens with two attached hydrogens (primary N) is 1. The Morgan fingerprint density at radius 1 is 1.29 bits per heavy atom. The predicted octanol–water partition coefficient (Wildman–Crippen LogP) is 3.51. The molecule has 0 radical (unpaired) electrons. The Morgan fingerprint density at radius 2 is 2.00 bits per heavy atom. The summed E-state index contributed by atoms with van der Waals surface area (Å²) in [5, 5.41) is 3.10. The molecule has 0 aliphatic heterocycles. The van der Waals surface area contributed by atoms with Crippen LogP contribution in [0.4, 0.5) is 21.5 Å². The van der Waals surface area contributed by atoms with Crippen LogP contribution >= 0.6 is 11.6 Å². The molecule has 2 aromatic rings. The molecule has 0 spiro atoms. The molecule has 0 aromatic heterocycles. The normalized spacial score (nSPS) is 10.3. The van der Waals surface area contributed by atoms with Crippen molar-refractivity contribution in [2.75, 3.05) is 25.1 Å². The van der Waals surface area contributed by atoms with Crippen LogP contribution in [0.1, 0.15) is 10.4 Å². The average molecular weight is 308 g/mol. The topological polar surface area (TPSA) is 58.4 Å². The summed E-state index contributed by atoms with van der Waals surface area (Å²) in [6.45, 7) is 0. The molecular weight excluding hydrogens is 293 g/mol. The Labute approximate surface area is 127 Å². The SMILES string of the molecule is CN(C)C(=O)c1ccc(Nc2c(F)cccc2Cl)c(N)c1. The second kappa shape index (κ2) is 6.01. The molecule has 21 heavy (non-hydrogen) atoms. The standard InChI is InChI=1S/C15H15ClFN3O/c1-20(2)15(21)9-6-7-13(12(18)8-9)19-14-10(16)4-3-5-11(14)17/h3-8,19H,18H2,1-2H3. The first-order valence-corrected chi connectivity index (χ1v) is 6.60. The second-order valence-electron chi connectivity index (χ2n) is 4.72. The lowest BCUT2D eigenvalue weighted by atomic mass is 10.1. The first kappa shape index (κ1) is 15.1. The molecule has 0 saturated carbocycles. The van der Waals surface area contributed by atoms with Gasteiger partial charge in [0, 0.05) is 19.7 Å². The van der Waals surface area contributed by atoms with E-state index in [0.29, 0.717) is 16.9 Å². The van der Waals surface area contributed by atoms with Crippen LogP contribution in [0.25, 0.3) is 0 Å². The minimum Gasteiger partial charge on any atom is -0.397 e. The Hall–Kier alpha value is -2.27. The van der Waals surface area contributed by atoms with Crippen LogP contribution in [-0.4, -0.2) is 24.9 Å². The van der Waals surface area contributed by atoms with E-state index in [1.54, 1.807) is 38.4 Å². The highest BCUT2D eigenvalue weighted by molar-refractivity contribution is 6.33. The third-order valence-corrected chi connectivity index (χ3v) is 3.24. The molecule has 0 bridgehead atoms. The molecule has 0 atom stereocenters. The van der Waals surface area contributed by atoms with E-state index >= 15 is 0 Å². The molecule has 4 nitrogen and oxygen atoms in total. The lowest BCUT2D eigenvalue weighted by Gasteiger charge is -2.14. The summed E-state index contributed by atoms with van der Waals surface area (Å²) in [4.78, 5) is 13.3. The van der Waals surface area contributed by atoms with E-state index in [9.17, 15) is 9.18 Å². The molecule has 0 saturated heterocycles. The van der Waals surface area contributed by atoms with E-state index in [4.69, 9.17) is 17.3 Å². The number of carbonyl (C=O) groups excluding carboxylic acids is 1. The summed E-state index contributed by atoms with van der Waals surface area (Å²) in [5.41, 5.74) is 7.34. The largest absolute Gasteiger partial charge is 0.397 e. The quantitative estimate of drug-likeness (QED) is 0.853. The van der Waals surface area contributed by atoms with Crippen molar-refractivity contribution < 1.29 is 9.18 Å². The second-order valence-corrected chi connectivity index (χ2v) is 5.13. The average Bonchev–Trinajstić information content (AvgIpc) is 2.43. The van der Waals surface area contributed by atoms with Crippen LogP contribution < -0.4 is 11.1 Å². The first-order valence-electron chi connectivity index (χ1n) is 6.22. The van der Waals surface area contributed by atoms with Gasteiger partial charge in [-0.05, 0) is 30.3 Å². The lowest BCUT2D eigenvalue weighted by molar-refractivity contribution is 0.0827. The summed E-state index contributed by atoms with van der Waals surface area (Å²) in [6, 6.07) is 9.18. The zero-order chi connectivity index (χ0) is 15.6. The molecule has 2 rings (SSSR count). The van der Waals surface area contributed by atoms with E-state index in [0.717, 1.165) is 0 Å². The Kier molecular flexibility index (Phi) is 4.33. The van der Waals surface area contributed by atoms with Crippen molar-refractivity contribution in [3.05, 3.63) is 52.8 Å². The van der Waals surface area contributed by atoms with Gasteiger partial charge in [-0.3, -0.25) is 4.79 Å². The number of nitrogens with zero attached hydrogens (tertiary/aromatic N) is 1. The summed E-state index contributed by atoms with van der Waals surface area (Å²) >= 11 is 5.95. The van der Waals surface area contributed by atoms with Gasteiger partial charge in [0.1, 0.15) is 5.82 Å². The maximum atomic E-state index is 13.7. The molecule has 6 heteroatoms. The van der Waals surface area contributed by atoms with Gasteiger partial charge in [-0.25, -0.2) is 4.39 Å². The monoisotopic (exact) mass is 307 g/mol. The van der Waals surface area contributed by atoms with Crippen LogP contribution in [0.15, 0.2) is 36.4 Å². The summed E-state index contributed by atoms with van der Waals surface area (Å²) in [7, 11) is 3.31. The van der Waals surface area contributed by atoms with Gasteiger partial charge >= 0.3 is 0 Å². The molecule has 0 aliphatic carbocycles. The molecular formula is C15H15ClFN3O. The van der Waals surface area contributed by atoms with Gasteiger partial charge in [0.25, 0.3) is 5.91 Å². The highest BCUT2D eigenvalue weighted by Crippen LogP contribution is 2.31. The lowest BCUT2D eigenvalue weighted by Crippen LogP contribution is -2.21. The van der Waals surface area contributed by atoms with Crippen molar-refractivity contribution in [3.8, 4) is 0 Å². The third kappa shape index (κ3) is 3.25. The number of benzene rings is 2. The van der Waals surface area contributed by atoms with Crippen LogP contribution in [0.2, 0.25) is 5.02 Å². The van der Waals surface area contributed by atoms with Crippen molar-refractivity contribution >= 4 is 34.6 Å². The molecule has 2 aromatic carbocycles. The number of anilines is 3. The molecule has 0 heterocycles. The van der Waals surface area contributed by atoms with Gasteiger partial charge < -0.3 is 16.0 Å². The minimum atomic E-state index is -0.477. The molecule has 110 valence electrons.